The number of carbonyl (C=O) groups is 2. The number of anilines is 1. The van der Waals surface area contributed by atoms with Crippen LogP contribution in [0.15, 0.2) is 5.38 Å². The molecule has 1 aromatic rings. The van der Waals surface area contributed by atoms with Crippen LogP contribution in [0.25, 0.3) is 0 Å². The second kappa shape index (κ2) is 8.65. The highest BCUT2D eigenvalue weighted by Crippen LogP contribution is 2.16. The lowest BCUT2D eigenvalue weighted by Crippen LogP contribution is -2.15. The third kappa shape index (κ3) is 6.12. The van der Waals surface area contributed by atoms with Crippen LogP contribution in [0, 0.1) is 0 Å². The van der Waals surface area contributed by atoms with Crippen molar-refractivity contribution in [2.45, 2.75) is 39.2 Å². The molecule has 0 bridgehead atoms. The van der Waals surface area contributed by atoms with E-state index in [1.54, 1.807) is 19.4 Å². The summed E-state index contributed by atoms with van der Waals surface area (Å²) in [6, 6.07) is 0. The Morgan fingerprint density at radius 2 is 2.25 bits per heavy atom. The van der Waals surface area contributed by atoms with Crippen LogP contribution in [0.5, 0.6) is 0 Å². The first kappa shape index (κ1) is 16.6. The lowest BCUT2D eigenvalue weighted by atomic mass is 10.2. The molecule has 0 spiro atoms. The zero-order chi connectivity index (χ0) is 15.0. The van der Waals surface area contributed by atoms with E-state index in [0.717, 1.165) is 0 Å². The largest absolute Gasteiger partial charge is 0.466 e. The number of ether oxygens (including phenoxy) is 2. The van der Waals surface area contributed by atoms with Gasteiger partial charge in [-0.25, -0.2) is 4.98 Å². The van der Waals surface area contributed by atoms with Crippen LogP contribution < -0.4 is 5.32 Å². The fourth-order valence-electron chi connectivity index (χ4n) is 1.44. The summed E-state index contributed by atoms with van der Waals surface area (Å²) in [4.78, 5) is 27.1. The van der Waals surface area contributed by atoms with Crippen molar-refractivity contribution < 1.29 is 19.1 Å². The summed E-state index contributed by atoms with van der Waals surface area (Å²) in [5, 5.41) is 4.95. The zero-order valence-corrected chi connectivity index (χ0v) is 12.8. The van der Waals surface area contributed by atoms with E-state index < -0.39 is 0 Å². The maximum Gasteiger partial charge on any atom is 0.311 e. The summed E-state index contributed by atoms with van der Waals surface area (Å²) >= 11 is 1.30. The van der Waals surface area contributed by atoms with Gasteiger partial charge < -0.3 is 14.8 Å². The molecule has 0 aliphatic heterocycles. The Bertz CT molecular complexity index is 447. The van der Waals surface area contributed by atoms with Crippen molar-refractivity contribution in [2.24, 2.45) is 0 Å². The number of carbonyl (C=O) groups excluding carboxylic acids is 2. The number of rotatable bonds is 8. The molecule has 0 aliphatic carbocycles. The van der Waals surface area contributed by atoms with Crippen LogP contribution in [0.4, 0.5) is 5.13 Å². The highest BCUT2D eigenvalue weighted by atomic mass is 32.1. The zero-order valence-electron chi connectivity index (χ0n) is 12.0. The van der Waals surface area contributed by atoms with Gasteiger partial charge in [0.15, 0.2) is 5.13 Å². The standard InChI is InChI=1S/C13H20N2O4S/c1-4-19-12(17)7-10-8-20-13(14-10)15-11(16)6-5-9(2)18-3/h8-9H,4-7H2,1-3H3,(H,14,15,16). The Morgan fingerprint density at radius 3 is 2.90 bits per heavy atom. The molecule has 0 radical (unpaired) electrons. The maximum absolute atomic E-state index is 11.7. The van der Waals surface area contributed by atoms with E-state index in [2.05, 4.69) is 10.3 Å². The van der Waals surface area contributed by atoms with Gasteiger partial charge in [0.05, 0.1) is 24.8 Å². The molecule has 1 rings (SSSR count). The maximum atomic E-state index is 11.7. The molecule has 112 valence electrons. The van der Waals surface area contributed by atoms with Gasteiger partial charge in [-0.15, -0.1) is 11.3 Å². The fraction of sp³-hybridized carbons (Fsp3) is 0.615. The number of hydrogen-bond donors (Lipinski definition) is 1. The van der Waals surface area contributed by atoms with E-state index in [1.165, 1.54) is 11.3 Å². The summed E-state index contributed by atoms with van der Waals surface area (Å²) in [7, 11) is 1.62. The van der Waals surface area contributed by atoms with Crippen molar-refractivity contribution >= 4 is 28.3 Å². The molecule has 1 aromatic heterocycles. The number of thiazole rings is 1. The lowest BCUT2D eigenvalue weighted by Gasteiger charge is -2.07. The van der Waals surface area contributed by atoms with Gasteiger partial charge in [-0.2, -0.15) is 0 Å². The first-order valence-corrected chi connectivity index (χ1v) is 7.35. The number of aromatic nitrogens is 1. The number of amides is 1. The second-order valence-electron chi connectivity index (χ2n) is 4.26. The molecule has 20 heavy (non-hydrogen) atoms. The Morgan fingerprint density at radius 1 is 1.50 bits per heavy atom. The molecular weight excluding hydrogens is 280 g/mol. The number of hydrogen-bond acceptors (Lipinski definition) is 6. The molecule has 1 heterocycles. The molecule has 0 aromatic carbocycles. The van der Waals surface area contributed by atoms with Crippen molar-refractivity contribution in [3.05, 3.63) is 11.1 Å². The van der Waals surface area contributed by atoms with Crippen molar-refractivity contribution in [3.8, 4) is 0 Å². The molecule has 0 aliphatic rings. The van der Waals surface area contributed by atoms with Gasteiger partial charge in [-0.3, -0.25) is 9.59 Å². The van der Waals surface area contributed by atoms with E-state index in [-0.39, 0.29) is 24.4 Å². The first-order chi connectivity index (χ1) is 9.55. The highest BCUT2D eigenvalue weighted by molar-refractivity contribution is 7.13. The quantitative estimate of drug-likeness (QED) is 0.743. The topological polar surface area (TPSA) is 77.5 Å². The third-order valence-electron chi connectivity index (χ3n) is 2.61. The van der Waals surface area contributed by atoms with Gasteiger partial charge in [0.1, 0.15) is 0 Å². The van der Waals surface area contributed by atoms with Crippen molar-refractivity contribution in [1.29, 1.82) is 0 Å². The summed E-state index contributed by atoms with van der Waals surface area (Å²) in [5.41, 5.74) is 0.606. The number of methoxy groups -OCH3 is 1. The van der Waals surface area contributed by atoms with Gasteiger partial charge in [0.25, 0.3) is 0 Å². The fourth-order valence-corrected chi connectivity index (χ4v) is 2.17. The minimum atomic E-state index is -0.315. The minimum absolute atomic E-state index is 0.0522. The Hall–Kier alpha value is -1.47. The lowest BCUT2D eigenvalue weighted by molar-refractivity contribution is -0.142. The van der Waals surface area contributed by atoms with E-state index in [4.69, 9.17) is 9.47 Å². The smallest absolute Gasteiger partial charge is 0.311 e. The average Bonchev–Trinajstić information content (AvgIpc) is 2.83. The second-order valence-corrected chi connectivity index (χ2v) is 5.12. The molecule has 7 heteroatoms. The van der Waals surface area contributed by atoms with E-state index >= 15 is 0 Å². The van der Waals surface area contributed by atoms with Crippen molar-refractivity contribution in [2.75, 3.05) is 19.0 Å². The molecule has 0 fully saturated rings. The summed E-state index contributed by atoms with van der Waals surface area (Å²) < 4.78 is 9.92. The van der Waals surface area contributed by atoms with Crippen molar-refractivity contribution in [3.63, 3.8) is 0 Å². The summed E-state index contributed by atoms with van der Waals surface area (Å²) in [6.07, 6.45) is 1.21. The summed E-state index contributed by atoms with van der Waals surface area (Å²) in [5.74, 6) is -0.421. The molecule has 6 nitrogen and oxygen atoms in total. The van der Waals surface area contributed by atoms with Gasteiger partial charge in [-0.1, -0.05) is 0 Å². The van der Waals surface area contributed by atoms with Crippen LogP contribution in [-0.4, -0.2) is 36.7 Å². The SMILES string of the molecule is CCOC(=O)Cc1csc(NC(=O)CCC(C)OC)n1. The predicted octanol–water partition coefficient (Wildman–Crippen LogP) is 2.00. The molecule has 1 N–H and O–H groups in total. The minimum Gasteiger partial charge on any atom is -0.466 e. The van der Waals surface area contributed by atoms with Crippen LogP contribution in [0.3, 0.4) is 0 Å². The molecule has 1 unspecified atom stereocenters. The number of nitrogens with one attached hydrogen (secondary N) is 1. The number of esters is 1. The van der Waals surface area contributed by atoms with Crippen LogP contribution >= 0.6 is 11.3 Å². The molecule has 0 saturated carbocycles. The Labute approximate surface area is 122 Å². The monoisotopic (exact) mass is 300 g/mol. The molecule has 1 amide bonds. The number of nitrogens with zero attached hydrogens (tertiary/aromatic N) is 1. The first-order valence-electron chi connectivity index (χ1n) is 6.47. The van der Waals surface area contributed by atoms with E-state index in [1.807, 2.05) is 6.92 Å². The normalized spacial score (nSPS) is 11.9. The van der Waals surface area contributed by atoms with E-state index in [9.17, 15) is 9.59 Å². The van der Waals surface area contributed by atoms with Crippen LogP contribution in [0.2, 0.25) is 0 Å². The van der Waals surface area contributed by atoms with Crippen LogP contribution in [-0.2, 0) is 25.5 Å². The average molecular weight is 300 g/mol. The highest BCUT2D eigenvalue weighted by Gasteiger charge is 2.11. The third-order valence-corrected chi connectivity index (χ3v) is 3.42. The van der Waals surface area contributed by atoms with Gasteiger partial charge in [0, 0.05) is 18.9 Å². The summed E-state index contributed by atoms with van der Waals surface area (Å²) in [6.45, 7) is 4.02. The molecule has 1 atom stereocenters. The molecule has 0 saturated heterocycles. The van der Waals surface area contributed by atoms with Gasteiger partial charge in [0.2, 0.25) is 5.91 Å². The predicted molar refractivity (Wildman–Crippen MR) is 76.8 cm³/mol. The van der Waals surface area contributed by atoms with Crippen LogP contribution in [0.1, 0.15) is 32.4 Å². The van der Waals surface area contributed by atoms with Gasteiger partial charge >= 0.3 is 5.97 Å². The van der Waals surface area contributed by atoms with E-state index in [0.29, 0.717) is 30.3 Å². The Kier molecular flexibility index (Phi) is 7.17. The van der Waals surface area contributed by atoms with Crippen molar-refractivity contribution in [1.82, 2.24) is 4.98 Å². The molecular formula is C13H20N2O4S. The Balaban J connectivity index is 2.39. The van der Waals surface area contributed by atoms with Gasteiger partial charge in [-0.05, 0) is 20.3 Å².